The average Bonchev–Trinajstić information content (AvgIpc) is 3.35. The summed E-state index contributed by atoms with van der Waals surface area (Å²) in [5.74, 6) is -0.880. The highest BCUT2D eigenvalue weighted by molar-refractivity contribution is 9.10. The molecule has 28 heavy (non-hydrogen) atoms. The fourth-order valence-corrected chi connectivity index (χ4v) is 3.78. The largest absolute Gasteiger partial charge is 0.459 e. The molecule has 144 valence electrons. The van der Waals surface area contributed by atoms with E-state index in [2.05, 4.69) is 27.8 Å². The van der Waals surface area contributed by atoms with E-state index in [0.717, 1.165) is 15.8 Å². The molecule has 2 heterocycles. The zero-order valence-electron chi connectivity index (χ0n) is 14.7. The van der Waals surface area contributed by atoms with Crippen LogP contribution in [0.25, 0.3) is 0 Å². The zero-order valence-corrected chi connectivity index (χ0v) is 17.1. The van der Waals surface area contributed by atoms with Crippen LogP contribution >= 0.6 is 27.3 Å². The molecule has 3 rings (SSSR count). The minimum Gasteiger partial charge on any atom is -0.459 e. The number of anilines is 1. The number of hydrogen-bond donors (Lipinski definition) is 1. The lowest BCUT2D eigenvalue weighted by molar-refractivity contribution is 0.0766. The summed E-state index contributed by atoms with van der Waals surface area (Å²) in [4.78, 5) is 26.8. The number of rotatable bonds is 7. The topological polar surface area (TPSA) is 62.6 Å². The van der Waals surface area contributed by atoms with Crippen LogP contribution in [-0.2, 0) is 6.54 Å². The molecule has 0 spiro atoms. The molecule has 0 radical (unpaired) electrons. The van der Waals surface area contributed by atoms with Crippen LogP contribution in [0.1, 0.15) is 25.8 Å². The molecule has 1 aromatic carbocycles. The van der Waals surface area contributed by atoms with E-state index in [0.29, 0.717) is 15.4 Å². The first-order chi connectivity index (χ1) is 13.5. The fraction of sp³-hybridized carbons (Fsp3) is 0.100. The highest BCUT2D eigenvalue weighted by Crippen LogP contribution is 2.25. The van der Waals surface area contributed by atoms with Gasteiger partial charge < -0.3 is 14.6 Å². The number of benzene rings is 1. The number of carbonyl (C=O) groups excluding carboxylic acids is 2. The molecular weight excluding hydrogens is 447 g/mol. The molecule has 5 nitrogen and oxygen atoms in total. The Labute approximate surface area is 173 Å². The van der Waals surface area contributed by atoms with Crippen LogP contribution in [0.15, 0.2) is 70.3 Å². The molecule has 1 N–H and O–H groups in total. The number of amides is 2. The van der Waals surface area contributed by atoms with Crippen molar-refractivity contribution in [3.8, 4) is 0 Å². The summed E-state index contributed by atoms with van der Waals surface area (Å²) in [6.45, 7) is 4.03. The van der Waals surface area contributed by atoms with Gasteiger partial charge in [0.1, 0.15) is 5.82 Å². The second-order valence-electron chi connectivity index (χ2n) is 5.81. The van der Waals surface area contributed by atoms with E-state index in [1.165, 1.54) is 17.2 Å². The molecular formula is C20H16BrFN2O3S. The van der Waals surface area contributed by atoms with E-state index in [1.54, 1.807) is 42.5 Å². The van der Waals surface area contributed by atoms with E-state index >= 15 is 0 Å². The first-order valence-electron chi connectivity index (χ1n) is 8.26. The standard InChI is InChI=1S/C20H16BrFN2O3S/c1-2-9-24(12-13-11-14(21)5-6-15(13)22)20(26)17-7-8-18(28-17)23-19(25)16-4-3-10-27-16/h2-8,10-11H,1,9,12H2,(H,23,25). The maximum absolute atomic E-state index is 14.1. The molecule has 8 heteroatoms. The predicted molar refractivity (Wildman–Crippen MR) is 110 cm³/mol. The van der Waals surface area contributed by atoms with Crippen LogP contribution in [0.5, 0.6) is 0 Å². The van der Waals surface area contributed by atoms with Crippen LogP contribution in [0, 0.1) is 5.82 Å². The molecule has 0 aliphatic rings. The van der Waals surface area contributed by atoms with Crippen molar-refractivity contribution in [3.63, 3.8) is 0 Å². The van der Waals surface area contributed by atoms with Crippen LogP contribution in [-0.4, -0.2) is 23.3 Å². The van der Waals surface area contributed by atoms with Crippen molar-refractivity contribution in [3.05, 3.63) is 87.9 Å². The quantitative estimate of drug-likeness (QED) is 0.483. The highest BCUT2D eigenvalue weighted by Gasteiger charge is 2.20. The maximum atomic E-state index is 14.1. The van der Waals surface area contributed by atoms with Crippen LogP contribution in [0.4, 0.5) is 9.39 Å². The Kier molecular flexibility index (Phi) is 6.43. The van der Waals surface area contributed by atoms with Crippen LogP contribution in [0.3, 0.4) is 0 Å². The third kappa shape index (κ3) is 4.76. The third-order valence-corrected chi connectivity index (χ3v) is 5.29. The van der Waals surface area contributed by atoms with Crippen molar-refractivity contribution in [1.29, 1.82) is 0 Å². The molecule has 2 amide bonds. The van der Waals surface area contributed by atoms with Gasteiger partial charge >= 0.3 is 0 Å². The van der Waals surface area contributed by atoms with Gasteiger partial charge in [0, 0.05) is 23.1 Å². The average molecular weight is 463 g/mol. The summed E-state index contributed by atoms with van der Waals surface area (Å²) in [5.41, 5.74) is 0.396. The Balaban J connectivity index is 1.74. The molecule has 0 bridgehead atoms. The number of hydrogen-bond acceptors (Lipinski definition) is 4. The number of furan rings is 1. The van der Waals surface area contributed by atoms with Gasteiger partial charge in [0.05, 0.1) is 16.1 Å². The Morgan fingerprint density at radius 3 is 2.82 bits per heavy atom. The third-order valence-electron chi connectivity index (χ3n) is 3.80. The lowest BCUT2D eigenvalue weighted by atomic mass is 10.2. The molecule has 0 aliphatic heterocycles. The maximum Gasteiger partial charge on any atom is 0.291 e. The number of thiophene rings is 1. The van der Waals surface area contributed by atoms with Gasteiger partial charge in [0.15, 0.2) is 5.76 Å². The van der Waals surface area contributed by atoms with Gasteiger partial charge in [0.2, 0.25) is 0 Å². The molecule has 3 aromatic rings. The van der Waals surface area contributed by atoms with Gasteiger partial charge in [-0.15, -0.1) is 17.9 Å². The molecule has 0 atom stereocenters. The van der Waals surface area contributed by atoms with Crippen molar-refractivity contribution in [2.45, 2.75) is 6.54 Å². The van der Waals surface area contributed by atoms with Crippen molar-refractivity contribution in [2.24, 2.45) is 0 Å². The first kappa shape index (κ1) is 20.0. The van der Waals surface area contributed by atoms with Crippen molar-refractivity contribution >= 4 is 44.1 Å². The van der Waals surface area contributed by atoms with E-state index in [9.17, 15) is 14.0 Å². The lowest BCUT2D eigenvalue weighted by Crippen LogP contribution is -2.30. The minimum atomic E-state index is -0.398. The molecule has 0 unspecified atom stereocenters. The summed E-state index contributed by atoms with van der Waals surface area (Å²) >= 11 is 4.45. The Bertz CT molecular complexity index is 1000. The number of carbonyl (C=O) groups is 2. The summed E-state index contributed by atoms with van der Waals surface area (Å²) in [6, 6.07) is 11.0. The SMILES string of the molecule is C=CCN(Cc1cc(Br)ccc1F)C(=O)c1ccc(NC(=O)c2ccco2)s1. The normalized spacial score (nSPS) is 10.5. The second-order valence-corrected chi connectivity index (χ2v) is 7.80. The Morgan fingerprint density at radius 1 is 1.29 bits per heavy atom. The molecule has 0 fully saturated rings. The Hall–Kier alpha value is -2.71. The van der Waals surface area contributed by atoms with E-state index in [1.807, 2.05) is 0 Å². The number of nitrogens with zero attached hydrogens (tertiary/aromatic N) is 1. The molecule has 0 saturated heterocycles. The van der Waals surface area contributed by atoms with Crippen molar-refractivity contribution in [2.75, 3.05) is 11.9 Å². The molecule has 0 saturated carbocycles. The van der Waals surface area contributed by atoms with Gasteiger partial charge in [-0.05, 0) is 42.5 Å². The van der Waals surface area contributed by atoms with E-state index in [4.69, 9.17) is 4.42 Å². The van der Waals surface area contributed by atoms with Crippen LogP contribution < -0.4 is 5.32 Å². The van der Waals surface area contributed by atoms with Crippen LogP contribution in [0.2, 0.25) is 0 Å². The summed E-state index contributed by atoms with van der Waals surface area (Å²) in [6.07, 6.45) is 2.99. The predicted octanol–water partition coefficient (Wildman–Crippen LogP) is 5.32. The van der Waals surface area contributed by atoms with Crippen molar-refractivity contribution < 1.29 is 18.4 Å². The van der Waals surface area contributed by atoms with Crippen molar-refractivity contribution in [1.82, 2.24) is 4.90 Å². The fourth-order valence-electron chi connectivity index (χ4n) is 2.50. The van der Waals surface area contributed by atoms with E-state index in [-0.39, 0.29) is 30.6 Å². The zero-order chi connectivity index (χ0) is 20.1. The second kappa shape index (κ2) is 8.99. The summed E-state index contributed by atoms with van der Waals surface area (Å²) in [5, 5.41) is 3.20. The van der Waals surface area contributed by atoms with Gasteiger partial charge in [0.25, 0.3) is 11.8 Å². The monoisotopic (exact) mass is 462 g/mol. The van der Waals surface area contributed by atoms with E-state index < -0.39 is 5.91 Å². The smallest absolute Gasteiger partial charge is 0.291 e. The molecule has 2 aromatic heterocycles. The van der Waals surface area contributed by atoms with Gasteiger partial charge in [-0.1, -0.05) is 22.0 Å². The summed E-state index contributed by atoms with van der Waals surface area (Å²) < 4.78 is 19.9. The molecule has 0 aliphatic carbocycles. The van der Waals surface area contributed by atoms with Gasteiger partial charge in [-0.2, -0.15) is 0 Å². The van der Waals surface area contributed by atoms with Gasteiger partial charge in [-0.25, -0.2) is 4.39 Å². The first-order valence-corrected chi connectivity index (χ1v) is 9.87. The number of halogens is 2. The number of nitrogens with one attached hydrogen (secondary N) is 1. The lowest BCUT2D eigenvalue weighted by Gasteiger charge is -2.21. The Morgan fingerprint density at radius 2 is 2.11 bits per heavy atom. The minimum absolute atomic E-state index is 0.0993. The summed E-state index contributed by atoms with van der Waals surface area (Å²) in [7, 11) is 0. The van der Waals surface area contributed by atoms with Gasteiger partial charge in [-0.3, -0.25) is 9.59 Å². The highest BCUT2D eigenvalue weighted by atomic mass is 79.9.